The summed E-state index contributed by atoms with van der Waals surface area (Å²) < 4.78 is 0.993. The third kappa shape index (κ3) is 3.23. The number of para-hydroxylation sites is 2. The molecule has 2 heterocycles. The van der Waals surface area contributed by atoms with E-state index in [1.165, 1.54) is 11.1 Å². The Morgan fingerprint density at radius 3 is 2.83 bits per heavy atom. The lowest BCUT2D eigenvalue weighted by Crippen LogP contribution is -2.36. The zero-order valence-electron chi connectivity index (χ0n) is 13.3. The molecule has 3 nitrogen and oxygen atoms in total. The molecule has 2 aliphatic rings. The molecule has 0 saturated heterocycles. The molecule has 2 aromatic carbocycles. The van der Waals surface area contributed by atoms with E-state index in [1.807, 2.05) is 35.2 Å². The third-order valence-corrected chi connectivity index (χ3v) is 6.52. The Labute approximate surface area is 150 Å². The molecule has 0 fully saturated rings. The molecule has 2 aromatic rings. The van der Waals surface area contributed by atoms with Crippen LogP contribution in [0.4, 0.5) is 11.4 Å². The first-order valence-electron chi connectivity index (χ1n) is 8.12. The topological polar surface area (TPSA) is 32.7 Å². The highest BCUT2D eigenvalue weighted by Crippen LogP contribution is 2.35. The smallest absolute Gasteiger partial charge is 0.237 e. The van der Waals surface area contributed by atoms with Crippen molar-refractivity contribution >= 4 is 45.2 Å². The number of amides is 1. The van der Waals surface area contributed by atoms with Gasteiger partial charge in [-0.2, -0.15) is 0 Å². The minimum Gasteiger partial charge on any atom is -0.311 e. The number of carbonyl (C=O) groups is 1. The second kappa shape index (κ2) is 7.03. The molecule has 0 radical (unpaired) electrons. The lowest BCUT2D eigenvalue weighted by molar-refractivity contribution is -0.116. The highest BCUT2D eigenvalue weighted by atomic mass is 32.2. The van der Waals surface area contributed by atoms with Crippen LogP contribution in [0.1, 0.15) is 17.5 Å². The normalized spacial score (nSPS) is 16.2. The molecular weight excluding hydrogens is 336 g/mol. The number of rotatable bonds is 2. The van der Waals surface area contributed by atoms with E-state index in [9.17, 15) is 4.79 Å². The van der Waals surface area contributed by atoms with Gasteiger partial charge in [-0.3, -0.25) is 4.79 Å². The summed E-state index contributed by atoms with van der Waals surface area (Å²) in [5.41, 5.74) is 4.66. The Balaban J connectivity index is 1.44. The fourth-order valence-electron chi connectivity index (χ4n) is 3.08. The maximum atomic E-state index is 12.7. The first kappa shape index (κ1) is 15.8. The first-order valence-corrected chi connectivity index (χ1v) is 10.1. The second-order valence-corrected chi connectivity index (χ2v) is 8.05. The van der Waals surface area contributed by atoms with Gasteiger partial charge in [0.1, 0.15) is 4.38 Å². The minimum absolute atomic E-state index is 0.175. The Kier molecular flexibility index (Phi) is 4.63. The molecule has 0 aromatic heterocycles. The molecule has 0 spiro atoms. The summed E-state index contributed by atoms with van der Waals surface area (Å²) in [5.74, 6) is 1.56. The number of nitrogens with zero attached hydrogens (tertiary/aromatic N) is 2. The Hall–Kier alpha value is -1.72. The zero-order valence-corrected chi connectivity index (χ0v) is 14.9. The number of aryl methyl sites for hydroxylation is 1. The number of carbonyl (C=O) groups excluding carboxylic acids is 1. The summed E-state index contributed by atoms with van der Waals surface area (Å²) in [4.78, 5) is 19.3. The minimum atomic E-state index is 0.175. The molecule has 0 saturated carbocycles. The number of hydrogen-bond acceptors (Lipinski definition) is 4. The van der Waals surface area contributed by atoms with Crippen molar-refractivity contribution < 1.29 is 4.79 Å². The van der Waals surface area contributed by atoms with Gasteiger partial charge in [0.05, 0.1) is 11.4 Å². The van der Waals surface area contributed by atoms with Crippen LogP contribution in [0, 0.1) is 0 Å². The summed E-state index contributed by atoms with van der Waals surface area (Å²) in [5, 5.41) is 0. The van der Waals surface area contributed by atoms with Gasteiger partial charge >= 0.3 is 0 Å². The van der Waals surface area contributed by atoms with Crippen molar-refractivity contribution in [3.05, 3.63) is 59.7 Å². The lowest BCUT2D eigenvalue weighted by atomic mass is 10.0. The van der Waals surface area contributed by atoms with Crippen molar-refractivity contribution in [2.24, 2.45) is 4.99 Å². The molecule has 0 atom stereocenters. The molecule has 0 unspecified atom stereocenters. The van der Waals surface area contributed by atoms with E-state index < -0.39 is 0 Å². The molecule has 5 heteroatoms. The average Bonchev–Trinajstić information content (AvgIpc) is 2.65. The van der Waals surface area contributed by atoms with Gasteiger partial charge in [0.2, 0.25) is 5.91 Å². The number of aliphatic imine (C=N–C) groups is 1. The summed E-state index contributed by atoms with van der Waals surface area (Å²) in [6.07, 6.45) is 2.10. The number of benzene rings is 2. The maximum Gasteiger partial charge on any atom is 0.237 e. The highest BCUT2D eigenvalue weighted by molar-refractivity contribution is 8.38. The highest BCUT2D eigenvalue weighted by Gasteiger charge is 2.23. The summed E-state index contributed by atoms with van der Waals surface area (Å²) >= 11 is 3.28. The predicted molar refractivity (Wildman–Crippen MR) is 104 cm³/mol. The molecule has 1 amide bonds. The summed E-state index contributed by atoms with van der Waals surface area (Å²) in [7, 11) is 0. The number of anilines is 1. The lowest BCUT2D eigenvalue weighted by Gasteiger charge is -2.29. The molecular formula is C19H18N2OS2. The fraction of sp³-hybridized carbons (Fsp3) is 0.263. The number of hydrogen-bond donors (Lipinski definition) is 0. The van der Waals surface area contributed by atoms with Gasteiger partial charge in [0, 0.05) is 18.0 Å². The van der Waals surface area contributed by atoms with Crippen molar-refractivity contribution in [3.8, 4) is 0 Å². The number of fused-ring (bicyclic) bond motifs is 2. The van der Waals surface area contributed by atoms with Gasteiger partial charge < -0.3 is 4.90 Å². The van der Waals surface area contributed by atoms with Gasteiger partial charge in [-0.25, -0.2) is 4.99 Å². The van der Waals surface area contributed by atoms with E-state index in [-0.39, 0.29) is 5.91 Å². The Morgan fingerprint density at radius 2 is 1.92 bits per heavy atom. The zero-order chi connectivity index (χ0) is 16.4. The predicted octanol–water partition coefficient (Wildman–Crippen LogP) is 4.63. The van der Waals surface area contributed by atoms with Crippen molar-refractivity contribution in [1.82, 2.24) is 0 Å². The molecule has 24 heavy (non-hydrogen) atoms. The average molecular weight is 355 g/mol. The third-order valence-electron chi connectivity index (χ3n) is 4.28. The van der Waals surface area contributed by atoms with Crippen molar-refractivity contribution in [1.29, 1.82) is 0 Å². The van der Waals surface area contributed by atoms with E-state index in [1.54, 1.807) is 23.5 Å². The second-order valence-electron chi connectivity index (χ2n) is 5.86. The van der Waals surface area contributed by atoms with Crippen molar-refractivity contribution in [2.45, 2.75) is 18.6 Å². The quantitative estimate of drug-likeness (QED) is 0.788. The van der Waals surface area contributed by atoms with E-state index >= 15 is 0 Å². The molecule has 0 aliphatic carbocycles. The van der Waals surface area contributed by atoms with Crippen LogP contribution in [0.5, 0.6) is 0 Å². The van der Waals surface area contributed by atoms with Gasteiger partial charge in [-0.15, -0.1) is 0 Å². The largest absolute Gasteiger partial charge is 0.311 e. The van der Waals surface area contributed by atoms with Crippen molar-refractivity contribution in [2.75, 3.05) is 17.2 Å². The van der Waals surface area contributed by atoms with Crippen LogP contribution < -0.4 is 4.90 Å². The van der Waals surface area contributed by atoms with Crippen LogP contribution in [0.2, 0.25) is 0 Å². The Bertz CT molecular complexity index is 803. The van der Waals surface area contributed by atoms with Crippen LogP contribution in [-0.4, -0.2) is 22.6 Å². The number of thioether (sulfide) groups is 2. The molecule has 4 rings (SSSR count). The van der Waals surface area contributed by atoms with Gasteiger partial charge in [-0.1, -0.05) is 59.9 Å². The molecule has 2 aliphatic heterocycles. The molecule has 122 valence electrons. The van der Waals surface area contributed by atoms with E-state index in [0.29, 0.717) is 5.75 Å². The Morgan fingerprint density at radius 1 is 1.12 bits per heavy atom. The monoisotopic (exact) mass is 354 g/mol. The molecule has 0 N–H and O–H groups in total. The fourth-order valence-corrected chi connectivity index (χ4v) is 5.02. The van der Waals surface area contributed by atoms with Crippen LogP contribution >= 0.6 is 23.5 Å². The van der Waals surface area contributed by atoms with Crippen LogP contribution in [0.15, 0.2) is 53.5 Å². The van der Waals surface area contributed by atoms with Crippen LogP contribution in [-0.2, 0) is 17.0 Å². The van der Waals surface area contributed by atoms with Gasteiger partial charge in [0.25, 0.3) is 0 Å². The standard InChI is InChI=1S/C19H18N2OS2/c22-18(21-11-5-8-14-6-2-4-10-17(14)21)13-24-19-20-16-9-3-1-7-15(16)12-23-19/h1-4,6-7,9-10H,5,8,11-13H2. The first-order chi connectivity index (χ1) is 11.8. The van der Waals surface area contributed by atoms with Crippen LogP contribution in [0.3, 0.4) is 0 Å². The summed E-state index contributed by atoms with van der Waals surface area (Å²) in [6.45, 7) is 0.818. The van der Waals surface area contributed by atoms with E-state index in [2.05, 4.69) is 23.2 Å². The van der Waals surface area contributed by atoms with Gasteiger partial charge in [-0.05, 0) is 36.1 Å². The SMILES string of the molecule is O=C(CSC1=Nc2ccccc2CS1)N1CCCc2ccccc21. The molecule has 0 bridgehead atoms. The van der Waals surface area contributed by atoms with Crippen molar-refractivity contribution in [3.63, 3.8) is 0 Å². The van der Waals surface area contributed by atoms with Gasteiger partial charge in [0.15, 0.2) is 0 Å². The van der Waals surface area contributed by atoms with E-state index in [0.717, 1.165) is 40.9 Å². The maximum absolute atomic E-state index is 12.7. The van der Waals surface area contributed by atoms with E-state index in [4.69, 9.17) is 0 Å². The summed E-state index contributed by atoms with van der Waals surface area (Å²) in [6, 6.07) is 16.4. The van der Waals surface area contributed by atoms with Crippen LogP contribution in [0.25, 0.3) is 0 Å².